The molecule has 2 aliphatic rings. The number of carbonyl (C=O) groups is 1. The lowest BCUT2D eigenvalue weighted by Gasteiger charge is -2.20. The summed E-state index contributed by atoms with van der Waals surface area (Å²) in [6.07, 6.45) is 5.20. The van der Waals surface area contributed by atoms with Crippen molar-refractivity contribution in [2.24, 2.45) is 29.2 Å². The van der Waals surface area contributed by atoms with Gasteiger partial charge >= 0.3 is 0 Å². The first-order chi connectivity index (χ1) is 5.20. The van der Waals surface area contributed by atoms with Crippen LogP contribution in [0.2, 0.25) is 0 Å². The van der Waals surface area contributed by atoms with E-state index in [-0.39, 0.29) is 17.9 Å². The Labute approximate surface area is 65.4 Å². The van der Waals surface area contributed by atoms with Gasteiger partial charge in [0.05, 0.1) is 5.92 Å². The highest BCUT2D eigenvalue weighted by Gasteiger charge is 2.45. The standard InChI is InChI=1S/C8H12N2O/c9-7-5-2-1-4(3-5)6(7)8(10)11/h1-2,4-7H,3,9H2,(H2,10,11)/t4-,5-,6-,7+/m1/s1. The average molecular weight is 152 g/mol. The first kappa shape index (κ1) is 6.85. The van der Waals surface area contributed by atoms with Crippen LogP contribution in [0, 0.1) is 17.8 Å². The molecule has 1 amide bonds. The molecule has 0 aromatic carbocycles. The molecule has 0 aromatic rings. The quantitative estimate of drug-likeness (QED) is 0.503. The summed E-state index contributed by atoms with van der Waals surface area (Å²) in [5, 5.41) is 0. The molecule has 1 fully saturated rings. The Bertz CT molecular complexity index is 224. The second-order valence-electron chi connectivity index (χ2n) is 3.45. The number of primary amides is 1. The van der Waals surface area contributed by atoms with E-state index in [1.165, 1.54) is 0 Å². The number of rotatable bonds is 1. The summed E-state index contributed by atoms with van der Waals surface area (Å²) in [6.45, 7) is 0. The molecule has 4 N–H and O–H groups in total. The number of allylic oxidation sites excluding steroid dienone is 1. The van der Waals surface area contributed by atoms with Gasteiger partial charge in [0.15, 0.2) is 0 Å². The molecule has 0 aliphatic heterocycles. The van der Waals surface area contributed by atoms with Gasteiger partial charge in [0, 0.05) is 6.04 Å². The van der Waals surface area contributed by atoms with Crippen molar-refractivity contribution < 1.29 is 4.79 Å². The van der Waals surface area contributed by atoms with Gasteiger partial charge in [0.1, 0.15) is 0 Å². The Kier molecular flexibility index (Phi) is 1.29. The molecule has 2 aliphatic carbocycles. The van der Waals surface area contributed by atoms with Crippen LogP contribution in [0.25, 0.3) is 0 Å². The molecule has 0 heterocycles. The molecule has 1 saturated carbocycles. The van der Waals surface area contributed by atoms with E-state index >= 15 is 0 Å². The molecule has 0 spiro atoms. The molecule has 3 heteroatoms. The predicted octanol–water partition coefficient (Wildman–Crippen LogP) is -0.379. The fourth-order valence-corrected chi connectivity index (χ4v) is 2.26. The normalized spacial score (nSPS) is 46.6. The zero-order valence-electron chi connectivity index (χ0n) is 6.23. The highest BCUT2D eigenvalue weighted by atomic mass is 16.1. The van der Waals surface area contributed by atoms with Crippen molar-refractivity contribution in [2.45, 2.75) is 12.5 Å². The van der Waals surface area contributed by atoms with E-state index in [1.54, 1.807) is 0 Å². The molecule has 11 heavy (non-hydrogen) atoms. The molecule has 2 bridgehead atoms. The average Bonchev–Trinajstić information content (AvgIpc) is 2.44. The van der Waals surface area contributed by atoms with Gasteiger partial charge in [-0.3, -0.25) is 4.79 Å². The van der Waals surface area contributed by atoms with Gasteiger partial charge in [-0.2, -0.15) is 0 Å². The summed E-state index contributed by atoms with van der Waals surface area (Å²) in [5.74, 6) is 0.379. The van der Waals surface area contributed by atoms with Crippen molar-refractivity contribution in [3.05, 3.63) is 12.2 Å². The molecular weight excluding hydrogens is 140 g/mol. The van der Waals surface area contributed by atoms with Gasteiger partial charge in [0.2, 0.25) is 5.91 Å². The highest BCUT2D eigenvalue weighted by Crippen LogP contribution is 2.42. The van der Waals surface area contributed by atoms with Crippen LogP contribution in [0.3, 0.4) is 0 Å². The second kappa shape index (κ2) is 2.08. The minimum atomic E-state index is -0.241. The van der Waals surface area contributed by atoms with Crippen molar-refractivity contribution in [1.29, 1.82) is 0 Å². The predicted molar refractivity (Wildman–Crippen MR) is 41.4 cm³/mol. The lowest BCUT2D eigenvalue weighted by atomic mass is 9.89. The molecule has 0 aromatic heterocycles. The summed E-state index contributed by atoms with van der Waals surface area (Å²) in [5.41, 5.74) is 11.0. The van der Waals surface area contributed by atoms with Crippen LogP contribution in [0.5, 0.6) is 0 Å². The summed E-state index contributed by atoms with van der Waals surface area (Å²) >= 11 is 0. The summed E-state index contributed by atoms with van der Waals surface area (Å²) in [4.78, 5) is 10.9. The maximum absolute atomic E-state index is 10.9. The van der Waals surface area contributed by atoms with Crippen LogP contribution in [0.4, 0.5) is 0 Å². The third-order valence-electron chi connectivity index (χ3n) is 2.85. The van der Waals surface area contributed by atoms with E-state index < -0.39 is 0 Å². The Morgan fingerprint density at radius 1 is 1.36 bits per heavy atom. The van der Waals surface area contributed by atoms with Gasteiger partial charge in [-0.1, -0.05) is 12.2 Å². The van der Waals surface area contributed by atoms with E-state index in [9.17, 15) is 4.79 Å². The third kappa shape index (κ3) is 0.807. The van der Waals surface area contributed by atoms with Crippen LogP contribution in [0.1, 0.15) is 6.42 Å². The maximum Gasteiger partial charge on any atom is 0.222 e. The number of nitrogens with two attached hydrogens (primary N) is 2. The number of hydrogen-bond acceptors (Lipinski definition) is 2. The van der Waals surface area contributed by atoms with Crippen LogP contribution in [0.15, 0.2) is 12.2 Å². The first-order valence-electron chi connectivity index (χ1n) is 3.93. The molecule has 0 unspecified atom stereocenters. The van der Waals surface area contributed by atoms with Gasteiger partial charge in [0.25, 0.3) is 0 Å². The summed E-state index contributed by atoms with van der Waals surface area (Å²) in [6, 6.07) is -0.0255. The summed E-state index contributed by atoms with van der Waals surface area (Å²) in [7, 11) is 0. The van der Waals surface area contributed by atoms with E-state index in [2.05, 4.69) is 12.2 Å². The van der Waals surface area contributed by atoms with E-state index in [0.29, 0.717) is 11.8 Å². The lowest BCUT2D eigenvalue weighted by molar-refractivity contribution is -0.122. The zero-order chi connectivity index (χ0) is 8.01. The SMILES string of the molecule is NC(=O)[C@H]1[C@@H](N)[C@@H]2C=C[C@@H]1C2. The maximum atomic E-state index is 10.9. The molecule has 0 saturated heterocycles. The Balaban J connectivity index is 2.25. The van der Waals surface area contributed by atoms with Crippen molar-refractivity contribution in [2.75, 3.05) is 0 Å². The molecule has 4 atom stereocenters. The van der Waals surface area contributed by atoms with E-state index in [4.69, 9.17) is 11.5 Å². The molecule has 3 nitrogen and oxygen atoms in total. The van der Waals surface area contributed by atoms with Crippen molar-refractivity contribution in [3.8, 4) is 0 Å². The number of carbonyl (C=O) groups excluding carboxylic acids is 1. The molecule has 2 rings (SSSR count). The van der Waals surface area contributed by atoms with Crippen LogP contribution >= 0.6 is 0 Å². The first-order valence-corrected chi connectivity index (χ1v) is 3.93. The Morgan fingerprint density at radius 3 is 2.36 bits per heavy atom. The summed E-state index contributed by atoms with van der Waals surface area (Å²) < 4.78 is 0. The van der Waals surface area contributed by atoms with Crippen LogP contribution < -0.4 is 11.5 Å². The fourth-order valence-electron chi connectivity index (χ4n) is 2.26. The van der Waals surface area contributed by atoms with Crippen molar-refractivity contribution in [3.63, 3.8) is 0 Å². The molecule has 60 valence electrons. The lowest BCUT2D eigenvalue weighted by Crippen LogP contribution is -2.41. The van der Waals surface area contributed by atoms with Crippen molar-refractivity contribution >= 4 is 5.91 Å². The minimum Gasteiger partial charge on any atom is -0.369 e. The smallest absolute Gasteiger partial charge is 0.222 e. The van der Waals surface area contributed by atoms with Crippen LogP contribution in [-0.4, -0.2) is 11.9 Å². The Morgan fingerprint density at radius 2 is 2.00 bits per heavy atom. The Hall–Kier alpha value is -0.830. The van der Waals surface area contributed by atoms with Gasteiger partial charge < -0.3 is 11.5 Å². The van der Waals surface area contributed by atoms with Crippen LogP contribution in [-0.2, 0) is 4.79 Å². The van der Waals surface area contributed by atoms with Gasteiger partial charge in [-0.25, -0.2) is 0 Å². The molecular formula is C8H12N2O. The van der Waals surface area contributed by atoms with E-state index in [0.717, 1.165) is 6.42 Å². The molecule has 0 radical (unpaired) electrons. The zero-order valence-corrected chi connectivity index (χ0v) is 6.23. The number of hydrogen-bond donors (Lipinski definition) is 2. The second-order valence-corrected chi connectivity index (χ2v) is 3.45. The number of fused-ring (bicyclic) bond motifs is 2. The van der Waals surface area contributed by atoms with Crippen molar-refractivity contribution in [1.82, 2.24) is 0 Å². The monoisotopic (exact) mass is 152 g/mol. The number of amides is 1. The largest absolute Gasteiger partial charge is 0.369 e. The third-order valence-corrected chi connectivity index (χ3v) is 2.85. The fraction of sp³-hybridized carbons (Fsp3) is 0.625. The topological polar surface area (TPSA) is 69.1 Å². The van der Waals surface area contributed by atoms with Gasteiger partial charge in [-0.15, -0.1) is 0 Å². The van der Waals surface area contributed by atoms with Gasteiger partial charge in [-0.05, 0) is 18.3 Å². The van der Waals surface area contributed by atoms with E-state index in [1.807, 2.05) is 0 Å². The minimum absolute atomic E-state index is 0.0255. The highest BCUT2D eigenvalue weighted by molar-refractivity contribution is 5.79.